The Bertz CT molecular complexity index is 2450. The minimum absolute atomic E-state index is 0.0152. The molecule has 1 amide bonds. The number of anilines is 1. The summed E-state index contributed by atoms with van der Waals surface area (Å²) < 4.78 is 140. The lowest BCUT2D eigenvalue weighted by Crippen LogP contribution is -2.59. The van der Waals surface area contributed by atoms with E-state index in [0.29, 0.717) is 19.4 Å². The van der Waals surface area contributed by atoms with E-state index in [1.807, 2.05) is 4.90 Å². The summed E-state index contributed by atoms with van der Waals surface area (Å²) >= 11 is 0. The van der Waals surface area contributed by atoms with Gasteiger partial charge in [-0.3, -0.25) is 9.78 Å². The molecule has 2 bridgehead atoms. The molecule has 3 saturated heterocycles. The van der Waals surface area contributed by atoms with Crippen molar-refractivity contribution in [3.63, 3.8) is 0 Å². The monoisotopic (exact) mass is 884 g/mol. The molecule has 5 heterocycles. The van der Waals surface area contributed by atoms with Crippen LogP contribution in [0.5, 0.6) is 11.8 Å². The first-order valence-corrected chi connectivity index (χ1v) is 20.8. The van der Waals surface area contributed by atoms with Gasteiger partial charge in [0.25, 0.3) is 0 Å². The molecule has 61 heavy (non-hydrogen) atoms. The number of halogens is 8. The van der Waals surface area contributed by atoms with Crippen LogP contribution >= 0.6 is 7.82 Å². The van der Waals surface area contributed by atoms with Gasteiger partial charge in [-0.05, 0) is 75.2 Å². The number of benzene rings is 2. The second-order valence-corrected chi connectivity index (χ2v) is 17.2. The fourth-order valence-electron chi connectivity index (χ4n) is 8.69. The van der Waals surface area contributed by atoms with E-state index in [0.717, 1.165) is 11.0 Å². The maximum atomic E-state index is 17.3. The number of carbonyl (C=O) groups excluding carboxylic acids is 1. The van der Waals surface area contributed by atoms with Gasteiger partial charge < -0.3 is 34.0 Å². The Morgan fingerprint density at radius 3 is 2.28 bits per heavy atom. The number of terminal acetylenes is 1. The molecular formula is C39H37F8N6O7P. The number of likely N-dealkylation sites (tertiary alicyclic amines) is 1. The van der Waals surface area contributed by atoms with E-state index in [1.54, 1.807) is 4.90 Å². The van der Waals surface area contributed by atoms with Crippen molar-refractivity contribution in [3.05, 3.63) is 47.7 Å². The maximum absolute atomic E-state index is 17.3. The number of hydrogen-bond donors (Lipinski definition) is 2. The van der Waals surface area contributed by atoms with Crippen molar-refractivity contribution in [1.29, 1.82) is 0 Å². The van der Waals surface area contributed by atoms with Crippen molar-refractivity contribution in [2.75, 3.05) is 51.0 Å². The van der Waals surface area contributed by atoms with Crippen LogP contribution in [0.15, 0.2) is 30.5 Å². The molecule has 3 aliphatic heterocycles. The summed E-state index contributed by atoms with van der Waals surface area (Å²) in [5.74, 6) is -3.02. The highest BCUT2D eigenvalue weighted by molar-refractivity contribution is 7.46. The van der Waals surface area contributed by atoms with Crippen molar-refractivity contribution in [2.24, 2.45) is 11.3 Å². The minimum Gasteiger partial charge on any atom is -0.467 e. The predicted octanol–water partition coefficient (Wildman–Crippen LogP) is 6.73. The average molecular weight is 885 g/mol. The second kappa shape index (κ2) is 15.8. The normalized spacial score (nSPS) is 20.9. The largest absolute Gasteiger partial charge is 0.472 e. The van der Waals surface area contributed by atoms with Crippen LogP contribution in [0.25, 0.3) is 32.9 Å². The van der Waals surface area contributed by atoms with E-state index >= 15 is 8.78 Å². The number of nitrogens with zero attached hydrogens (tertiary/aromatic N) is 6. The van der Waals surface area contributed by atoms with Gasteiger partial charge in [-0.25, -0.2) is 17.9 Å². The van der Waals surface area contributed by atoms with Crippen molar-refractivity contribution in [1.82, 2.24) is 24.8 Å². The summed E-state index contributed by atoms with van der Waals surface area (Å²) in [5.41, 5.74) is -1.60. The molecule has 1 saturated carbocycles. The maximum Gasteiger partial charge on any atom is 0.472 e. The SMILES string of the molecule is C#Cc1c(F)ccc2cc(OCOP(=O)(O)O)cc(-c3ncc4c(N5CC6CCC(C5)N6C(=O)C(F)(F)F)nc(OCC5(CN6CCC(C(F)(F)F)CC6)CC5)nc4c3F)c12. The molecule has 2 atom stereocenters. The number of piperazine rings is 1. The smallest absolute Gasteiger partial charge is 0.467 e. The molecule has 8 rings (SSSR count). The Morgan fingerprint density at radius 2 is 1.67 bits per heavy atom. The summed E-state index contributed by atoms with van der Waals surface area (Å²) in [4.78, 5) is 48.5. The number of phosphoric acid groups is 1. The van der Waals surface area contributed by atoms with Crippen molar-refractivity contribution in [3.8, 4) is 35.4 Å². The van der Waals surface area contributed by atoms with Gasteiger partial charge in [0.15, 0.2) is 12.6 Å². The molecule has 4 fully saturated rings. The number of phosphoric ester groups is 1. The molecule has 0 radical (unpaired) electrons. The van der Waals surface area contributed by atoms with Gasteiger partial charge in [0, 0.05) is 42.2 Å². The van der Waals surface area contributed by atoms with Crippen molar-refractivity contribution < 1.29 is 68.3 Å². The highest BCUT2D eigenvalue weighted by Gasteiger charge is 2.52. The molecule has 2 N–H and O–H groups in total. The number of carbonyl (C=O) groups is 1. The van der Waals surface area contributed by atoms with Gasteiger partial charge >= 0.3 is 32.1 Å². The Kier molecular flexibility index (Phi) is 11.1. The van der Waals surface area contributed by atoms with Gasteiger partial charge in [0.05, 0.1) is 35.6 Å². The first-order valence-electron chi connectivity index (χ1n) is 19.2. The Labute approximate surface area is 342 Å². The summed E-state index contributed by atoms with van der Waals surface area (Å²) in [5, 5.41) is 0.275. The lowest BCUT2D eigenvalue weighted by atomic mass is 9.95. The number of piperidine rings is 1. The van der Waals surface area contributed by atoms with E-state index < -0.39 is 73.6 Å². The van der Waals surface area contributed by atoms with Crippen LogP contribution in [0.4, 0.5) is 40.9 Å². The number of amides is 1. The van der Waals surface area contributed by atoms with E-state index in [9.17, 15) is 35.7 Å². The topological polar surface area (TPSA) is 151 Å². The van der Waals surface area contributed by atoms with Crippen LogP contribution in [-0.4, -0.2) is 111 Å². The molecule has 13 nitrogen and oxygen atoms in total. The average Bonchev–Trinajstić information content (AvgIpc) is 3.91. The third-order valence-electron chi connectivity index (χ3n) is 11.9. The van der Waals surface area contributed by atoms with Gasteiger partial charge in [-0.15, -0.1) is 6.42 Å². The summed E-state index contributed by atoms with van der Waals surface area (Å²) in [6.45, 7) is -0.179. The van der Waals surface area contributed by atoms with Crippen LogP contribution in [-0.2, 0) is 13.9 Å². The van der Waals surface area contributed by atoms with E-state index in [4.69, 9.17) is 25.7 Å². The zero-order chi connectivity index (χ0) is 43.6. The number of fused-ring (bicyclic) bond motifs is 4. The molecule has 4 aliphatic rings. The molecule has 2 aromatic carbocycles. The van der Waals surface area contributed by atoms with Gasteiger partial charge in [-0.2, -0.15) is 36.3 Å². The van der Waals surface area contributed by atoms with Crippen molar-refractivity contribution in [2.45, 2.75) is 63.0 Å². The van der Waals surface area contributed by atoms with Gasteiger partial charge in [0.1, 0.15) is 28.6 Å². The quantitative estimate of drug-likeness (QED) is 0.0712. The number of aromatic nitrogens is 3. The summed E-state index contributed by atoms with van der Waals surface area (Å²) in [7, 11) is -4.96. The lowest BCUT2D eigenvalue weighted by molar-refractivity contribution is -0.188. The van der Waals surface area contributed by atoms with Crippen LogP contribution in [0.2, 0.25) is 0 Å². The number of alkyl halides is 6. The van der Waals surface area contributed by atoms with E-state index in [2.05, 4.69) is 25.4 Å². The zero-order valence-corrected chi connectivity index (χ0v) is 32.9. The fourth-order valence-corrected chi connectivity index (χ4v) is 8.88. The van der Waals surface area contributed by atoms with Gasteiger partial charge in [-0.1, -0.05) is 12.0 Å². The second-order valence-electron chi connectivity index (χ2n) is 15.9. The molecular weight excluding hydrogens is 847 g/mol. The Morgan fingerprint density at radius 1 is 0.984 bits per heavy atom. The van der Waals surface area contributed by atoms with Gasteiger partial charge in [0.2, 0.25) is 0 Å². The molecule has 4 aromatic rings. The molecule has 0 spiro atoms. The third kappa shape index (κ3) is 8.78. The molecule has 22 heteroatoms. The zero-order valence-electron chi connectivity index (χ0n) is 32.0. The Hall–Kier alpha value is -4.87. The third-order valence-corrected chi connectivity index (χ3v) is 12.3. The summed E-state index contributed by atoms with van der Waals surface area (Å²) in [6.07, 6.45) is -0.587. The highest BCUT2D eigenvalue weighted by Crippen LogP contribution is 2.48. The van der Waals surface area contributed by atoms with Crippen LogP contribution < -0.4 is 14.4 Å². The number of ether oxygens (including phenoxy) is 2. The molecule has 2 aromatic heterocycles. The molecule has 1 aliphatic carbocycles. The summed E-state index contributed by atoms with van der Waals surface area (Å²) in [6, 6.07) is 2.95. The number of hydrogen-bond acceptors (Lipinski definition) is 10. The van der Waals surface area contributed by atoms with Crippen LogP contribution in [0.1, 0.15) is 44.1 Å². The predicted molar refractivity (Wildman–Crippen MR) is 201 cm³/mol. The van der Waals surface area contributed by atoms with Crippen LogP contribution in [0, 0.1) is 35.3 Å². The fraction of sp³-hybridized carbons (Fsp3) is 0.487. The van der Waals surface area contributed by atoms with E-state index in [1.165, 1.54) is 24.4 Å². The minimum atomic E-state index is -5.09. The highest BCUT2D eigenvalue weighted by atomic mass is 31.2. The Balaban J connectivity index is 1.18. The van der Waals surface area contributed by atoms with E-state index in [-0.39, 0.29) is 109 Å². The standard InChI is InChI=1S/C39H37F8N6O7P/c1-2-26-29(40)6-3-21-13-25(59-20-60-61(55,56)57)14-27(30(21)26)32-31(41)33-28(15-48-32)34(52-16-23-4-5-24(17-52)53(23)35(54)39(45,46)47)50-36(49-33)58-19-37(9-10-37)18-51-11-7-22(8-12-51)38(42,43)44/h1,3,6,13-15,22-24H,4-5,7-12,16-20H2,(H2,55,56,57). The van der Waals surface area contributed by atoms with Crippen LogP contribution in [0.3, 0.4) is 0 Å². The number of pyridine rings is 1. The number of rotatable bonds is 11. The lowest BCUT2D eigenvalue weighted by Gasteiger charge is -2.42. The first-order chi connectivity index (χ1) is 28.7. The molecule has 2 unspecified atom stereocenters. The van der Waals surface area contributed by atoms with Crippen molar-refractivity contribution >= 4 is 41.2 Å². The first kappa shape index (κ1) is 42.8. The molecule has 326 valence electrons.